The summed E-state index contributed by atoms with van der Waals surface area (Å²) < 4.78 is 11.0. The molecule has 0 aliphatic carbocycles. The molecule has 0 bridgehead atoms. The molecular weight excluding hydrogens is 310 g/mol. The van der Waals surface area contributed by atoms with E-state index in [1.807, 2.05) is 36.4 Å². The second-order valence-electron chi connectivity index (χ2n) is 5.62. The van der Waals surface area contributed by atoms with Crippen molar-refractivity contribution in [2.75, 3.05) is 20.3 Å². The lowest BCUT2D eigenvalue weighted by atomic mass is 10.0. The molecule has 1 aliphatic heterocycles. The van der Waals surface area contributed by atoms with Gasteiger partial charge in [0.25, 0.3) is 0 Å². The molecule has 24 heavy (non-hydrogen) atoms. The smallest absolute Gasteiger partial charge is 0.303 e. The van der Waals surface area contributed by atoms with Gasteiger partial charge in [-0.15, -0.1) is 0 Å². The molecule has 1 N–H and O–H groups in total. The maximum atomic E-state index is 11.7. The van der Waals surface area contributed by atoms with E-state index in [9.17, 15) is 9.59 Å². The number of carboxylic acid groups (broad SMARTS) is 1. The SMILES string of the molecule is COc1ccccc1OC[C@H]1CC(=O)N1C/C=C\CCCC(=O)O. The Morgan fingerprint density at radius 1 is 1.33 bits per heavy atom. The summed E-state index contributed by atoms with van der Waals surface area (Å²) in [5.41, 5.74) is 0. The fraction of sp³-hybridized carbons (Fsp3) is 0.444. The summed E-state index contributed by atoms with van der Waals surface area (Å²) in [6.45, 7) is 0.963. The maximum absolute atomic E-state index is 11.7. The van der Waals surface area contributed by atoms with Gasteiger partial charge in [-0.2, -0.15) is 0 Å². The number of carboxylic acids is 1. The van der Waals surface area contributed by atoms with Crippen LogP contribution in [0.2, 0.25) is 0 Å². The van der Waals surface area contributed by atoms with E-state index < -0.39 is 5.97 Å². The lowest BCUT2D eigenvalue weighted by Crippen LogP contribution is -2.55. The molecule has 1 atom stereocenters. The highest BCUT2D eigenvalue weighted by Crippen LogP contribution is 2.27. The average molecular weight is 333 g/mol. The number of unbranched alkanes of at least 4 members (excludes halogenated alkanes) is 1. The van der Waals surface area contributed by atoms with Crippen LogP contribution in [0.3, 0.4) is 0 Å². The van der Waals surface area contributed by atoms with Gasteiger partial charge in [-0.1, -0.05) is 24.3 Å². The van der Waals surface area contributed by atoms with Gasteiger partial charge in [-0.25, -0.2) is 0 Å². The third-order valence-electron chi connectivity index (χ3n) is 3.90. The summed E-state index contributed by atoms with van der Waals surface area (Å²) in [5, 5.41) is 8.57. The zero-order valence-electron chi connectivity index (χ0n) is 13.8. The standard InChI is InChI=1S/C18H23NO5/c1-23-15-8-5-6-9-16(15)24-13-14-12-17(20)19(14)11-7-3-2-4-10-18(21)22/h3,5-9,14H,2,4,10-13H2,1H3,(H,21,22)/b7-3-/t14-/m1/s1. The number of para-hydroxylation sites is 2. The van der Waals surface area contributed by atoms with Crippen molar-refractivity contribution in [1.29, 1.82) is 0 Å². The Morgan fingerprint density at radius 3 is 2.75 bits per heavy atom. The van der Waals surface area contributed by atoms with E-state index in [2.05, 4.69) is 0 Å². The van der Waals surface area contributed by atoms with Gasteiger partial charge >= 0.3 is 5.97 Å². The summed E-state index contributed by atoms with van der Waals surface area (Å²) in [4.78, 5) is 23.9. The number of hydrogen-bond acceptors (Lipinski definition) is 4. The van der Waals surface area contributed by atoms with Gasteiger partial charge in [0.15, 0.2) is 11.5 Å². The molecule has 0 radical (unpaired) electrons. The number of methoxy groups -OCH3 is 1. The van der Waals surface area contributed by atoms with E-state index in [-0.39, 0.29) is 18.4 Å². The quantitative estimate of drug-likeness (QED) is 0.404. The zero-order valence-corrected chi connectivity index (χ0v) is 13.8. The minimum absolute atomic E-state index is 0.0612. The van der Waals surface area contributed by atoms with Gasteiger partial charge in [0.1, 0.15) is 6.61 Å². The molecule has 0 unspecified atom stereocenters. The van der Waals surface area contributed by atoms with Crippen LogP contribution >= 0.6 is 0 Å². The number of amides is 1. The topological polar surface area (TPSA) is 76.1 Å². The molecule has 0 spiro atoms. The van der Waals surface area contributed by atoms with Gasteiger partial charge in [-0.05, 0) is 25.0 Å². The molecule has 1 aromatic carbocycles. The fourth-order valence-corrected chi connectivity index (χ4v) is 2.52. The average Bonchev–Trinajstić information content (AvgIpc) is 2.57. The van der Waals surface area contributed by atoms with E-state index in [0.29, 0.717) is 43.9 Å². The van der Waals surface area contributed by atoms with Crippen LogP contribution in [-0.4, -0.2) is 48.2 Å². The summed E-state index contributed by atoms with van der Waals surface area (Å²) in [5.74, 6) is 0.672. The number of carbonyl (C=O) groups excluding carboxylic acids is 1. The lowest BCUT2D eigenvalue weighted by Gasteiger charge is -2.39. The number of rotatable bonds is 10. The van der Waals surface area contributed by atoms with Gasteiger partial charge in [0.05, 0.1) is 19.6 Å². The third kappa shape index (κ3) is 5.01. The monoisotopic (exact) mass is 333 g/mol. The molecule has 1 aliphatic rings. The van der Waals surface area contributed by atoms with Crippen LogP contribution in [0.25, 0.3) is 0 Å². The molecule has 6 heteroatoms. The van der Waals surface area contributed by atoms with Crippen molar-refractivity contribution in [1.82, 2.24) is 4.90 Å². The van der Waals surface area contributed by atoms with E-state index in [0.717, 1.165) is 0 Å². The predicted molar refractivity (Wildman–Crippen MR) is 89.2 cm³/mol. The van der Waals surface area contributed by atoms with Gasteiger partial charge in [0, 0.05) is 13.0 Å². The summed E-state index contributed by atoms with van der Waals surface area (Å²) in [7, 11) is 1.59. The predicted octanol–water partition coefficient (Wildman–Crippen LogP) is 2.49. The molecule has 1 amide bonds. The number of allylic oxidation sites excluding steroid dienone is 1. The Morgan fingerprint density at radius 2 is 2.08 bits per heavy atom. The Kier molecular flexibility index (Phi) is 6.66. The van der Waals surface area contributed by atoms with Crippen LogP contribution in [0.15, 0.2) is 36.4 Å². The van der Waals surface area contributed by atoms with E-state index in [4.69, 9.17) is 14.6 Å². The molecule has 0 saturated carbocycles. The molecule has 6 nitrogen and oxygen atoms in total. The number of β-lactam (4-membered cyclic amide) rings is 1. The molecule has 1 aromatic rings. The van der Waals surface area contributed by atoms with Crippen molar-refractivity contribution in [2.24, 2.45) is 0 Å². The fourth-order valence-electron chi connectivity index (χ4n) is 2.52. The minimum Gasteiger partial charge on any atom is -0.493 e. The molecule has 1 heterocycles. The summed E-state index contributed by atoms with van der Waals surface area (Å²) in [6, 6.07) is 7.48. The van der Waals surface area contributed by atoms with Crippen LogP contribution in [0, 0.1) is 0 Å². The van der Waals surface area contributed by atoms with Crippen LogP contribution in [-0.2, 0) is 9.59 Å². The first-order chi connectivity index (χ1) is 11.6. The van der Waals surface area contributed by atoms with Gasteiger partial charge in [0.2, 0.25) is 5.91 Å². The van der Waals surface area contributed by atoms with Crippen molar-refractivity contribution in [3.8, 4) is 11.5 Å². The molecule has 1 saturated heterocycles. The lowest BCUT2D eigenvalue weighted by molar-refractivity contribution is -0.146. The minimum atomic E-state index is -0.783. The molecule has 130 valence electrons. The van der Waals surface area contributed by atoms with Gasteiger partial charge < -0.3 is 19.5 Å². The molecule has 2 rings (SSSR count). The molecular formula is C18H23NO5. The van der Waals surface area contributed by atoms with Crippen LogP contribution < -0.4 is 9.47 Å². The first-order valence-corrected chi connectivity index (χ1v) is 8.04. The molecule has 1 fully saturated rings. The second-order valence-corrected chi connectivity index (χ2v) is 5.62. The number of aliphatic carboxylic acids is 1. The number of carbonyl (C=O) groups is 2. The number of nitrogens with zero attached hydrogens (tertiary/aromatic N) is 1. The number of ether oxygens (including phenoxy) is 2. The second kappa shape index (κ2) is 8.96. The van der Waals surface area contributed by atoms with Crippen LogP contribution in [0.1, 0.15) is 25.7 Å². The van der Waals surface area contributed by atoms with Crippen molar-refractivity contribution in [3.05, 3.63) is 36.4 Å². The summed E-state index contributed by atoms with van der Waals surface area (Å²) >= 11 is 0. The third-order valence-corrected chi connectivity index (χ3v) is 3.90. The van der Waals surface area contributed by atoms with Crippen LogP contribution in [0.4, 0.5) is 0 Å². The van der Waals surface area contributed by atoms with E-state index in [1.165, 1.54) is 0 Å². The highest BCUT2D eigenvalue weighted by atomic mass is 16.5. The van der Waals surface area contributed by atoms with E-state index >= 15 is 0 Å². The van der Waals surface area contributed by atoms with Crippen LogP contribution in [0.5, 0.6) is 11.5 Å². The zero-order chi connectivity index (χ0) is 17.4. The first kappa shape index (κ1) is 17.8. The summed E-state index contributed by atoms with van der Waals surface area (Å²) in [6.07, 6.45) is 5.81. The number of hydrogen-bond donors (Lipinski definition) is 1. The highest BCUT2D eigenvalue weighted by molar-refractivity contribution is 5.83. The van der Waals surface area contributed by atoms with Gasteiger partial charge in [-0.3, -0.25) is 9.59 Å². The Bertz CT molecular complexity index is 599. The van der Waals surface area contributed by atoms with Crippen molar-refractivity contribution < 1.29 is 24.2 Å². The Hall–Kier alpha value is -2.50. The Balaban J connectivity index is 1.74. The molecule has 0 aromatic heterocycles. The highest BCUT2D eigenvalue weighted by Gasteiger charge is 2.35. The van der Waals surface area contributed by atoms with E-state index in [1.54, 1.807) is 12.0 Å². The number of benzene rings is 1. The largest absolute Gasteiger partial charge is 0.493 e. The normalized spacial score (nSPS) is 17.0. The van der Waals surface area contributed by atoms with Crippen molar-refractivity contribution in [2.45, 2.75) is 31.7 Å². The maximum Gasteiger partial charge on any atom is 0.303 e. The van der Waals surface area contributed by atoms with Crippen molar-refractivity contribution >= 4 is 11.9 Å². The first-order valence-electron chi connectivity index (χ1n) is 8.04. The number of likely N-dealkylation sites (tertiary alicyclic amines) is 1. The Labute approximate surface area is 141 Å². The van der Waals surface area contributed by atoms with Crippen molar-refractivity contribution in [3.63, 3.8) is 0 Å².